The molecule has 172 valence electrons. The molecule has 0 saturated carbocycles. The Kier molecular flexibility index (Phi) is 6.17. The number of nitriles is 1. The number of ether oxygens (including phenoxy) is 1. The molecule has 0 unspecified atom stereocenters. The Morgan fingerprint density at radius 3 is 2.47 bits per heavy atom. The van der Waals surface area contributed by atoms with Gasteiger partial charge in [-0.15, -0.1) is 0 Å². The van der Waals surface area contributed by atoms with Crippen molar-refractivity contribution >= 4 is 32.3 Å². The van der Waals surface area contributed by atoms with Gasteiger partial charge in [0.25, 0.3) is 0 Å². The Labute approximate surface area is 197 Å². The van der Waals surface area contributed by atoms with E-state index in [-0.39, 0.29) is 38.0 Å². The van der Waals surface area contributed by atoms with Gasteiger partial charge < -0.3 is 4.74 Å². The van der Waals surface area contributed by atoms with Crippen molar-refractivity contribution in [3.8, 4) is 28.8 Å². The van der Waals surface area contributed by atoms with Crippen LogP contribution in [0.5, 0.6) is 11.5 Å². The molecule has 0 aliphatic heterocycles. The molecule has 34 heavy (non-hydrogen) atoms. The summed E-state index contributed by atoms with van der Waals surface area (Å²) in [6, 6.07) is 15.4. The van der Waals surface area contributed by atoms with E-state index in [0.29, 0.717) is 5.56 Å². The number of hydrogen-bond donors (Lipinski definition) is 0. The van der Waals surface area contributed by atoms with Gasteiger partial charge in [0.2, 0.25) is 0 Å². The topological polar surface area (TPSA) is 92.9 Å². The van der Waals surface area contributed by atoms with E-state index in [1.807, 2.05) is 0 Å². The van der Waals surface area contributed by atoms with Gasteiger partial charge in [0.15, 0.2) is 9.84 Å². The van der Waals surface area contributed by atoms with Gasteiger partial charge in [-0.3, -0.25) is 0 Å². The summed E-state index contributed by atoms with van der Waals surface area (Å²) in [7, 11) is -3.79. The SMILES string of the molecule is N#CCS(=O)(=O)c1cccc(Oc2ccc(Cl)c(-c3ncnc4c(C(F)(F)F)cccc34)c2)c1. The predicted octanol–water partition coefficient (Wildman–Crippen LogP) is 6.06. The largest absolute Gasteiger partial charge is 0.457 e. The van der Waals surface area contributed by atoms with Gasteiger partial charge in [-0.2, -0.15) is 18.4 Å². The number of para-hydroxylation sites is 1. The summed E-state index contributed by atoms with van der Waals surface area (Å²) in [5, 5.41) is 9.10. The third kappa shape index (κ3) is 4.66. The number of nitrogens with zero attached hydrogens (tertiary/aromatic N) is 3. The molecule has 0 atom stereocenters. The highest BCUT2D eigenvalue weighted by Gasteiger charge is 2.33. The van der Waals surface area contributed by atoms with Crippen LogP contribution in [0.25, 0.3) is 22.2 Å². The Bertz CT molecular complexity index is 1550. The van der Waals surface area contributed by atoms with E-state index in [1.165, 1.54) is 54.6 Å². The van der Waals surface area contributed by atoms with Crippen molar-refractivity contribution in [2.24, 2.45) is 0 Å². The lowest BCUT2D eigenvalue weighted by Crippen LogP contribution is -2.07. The van der Waals surface area contributed by atoms with Gasteiger partial charge >= 0.3 is 6.18 Å². The molecule has 0 fully saturated rings. The number of halogens is 4. The number of fused-ring (bicyclic) bond motifs is 1. The molecule has 0 saturated heterocycles. The van der Waals surface area contributed by atoms with E-state index in [2.05, 4.69) is 9.97 Å². The second-order valence-corrected chi connectivity index (χ2v) is 9.45. The lowest BCUT2D eigenvalue weighted by molar-refractivity contribution is -0.136. The van der Waals surface area contributed by atoms with Crippen LogP contribution in [0.1, 0.15) is 5.56 Å². The molecule has 0 N–H and O–H groups in total. The Morgan fingerprint density at radius 1 is 1.00 bits per heavy atom. The van der Waals surface area contributed by atoms with E-state index in [1.54, 1.807) is 6.07 Å². The molecule has 0 spiro atoms. The lowest BCUT2D eigenvalue weighted by Gasteiger charge is -2.13. The van der Waals surface area contributed by atoms with Crippen LogP contribution in [0, 0.1) is 11.3 Å². The normalized spacial score (nSPS) is 11.9. The van der Waals surface area contributed by atoms with Crippen molar-refractivity contribution in [1.82, 2.24) is 9.97 Å². The van der Waals surface area contributed by atoms with Gasteiger partial charge in [-0.1, -0.05) is 29.8 Å². The van der Waals surface area contributed by atoms with Gasteiger partial charge in [0, 0.05) is 10.9 Å². The van der Waals surface area contributed by atoms with Gasteiger partial charge in [0.1, 0.15) is 23.6 Å². The van der Waals surface area contributed by atoms with Crippen molar-refractivity contribution < 1.29 is 26.3 Å². The summed E-state index contributed by atoms with van der Waals surface area (Å²) in [5.74, 6) is -0.255. The summed E-state index contributed by atoms with van der Waals surface area (Å²) >= 11 is 6.34. The fourth-order valence-corrected chi connectivity index (χ4v) is 4.44. The highest BCUT2D eigenvalue weighted by atomic mass is 35.5. The number of sulfone groups is 1. The molecule has 0 aliphatic carbocycles. The Balaban J connectivity index is 1.77. The first-order valence-electron chi connectivity index (χ1n) is 9.58. The number of hydrogen-bond acceptors (Lipinski definition) is 6. The van der Waals surface area contributed by atoms with Crippen molar-refractivity contribution in [1.29, 1.82) is 5.26 Å². The zero-order valence-corrected chi connectivity index (χ0v) is 18.6. The van der Waals surface area contributed by atoms with Crippen LogP contribution >= 0.6 is 11.6 Å². The maximum Gasteiger partial charge on any atom is 0.418 e. The van der Waals surface area contributed by atoms with Crippen LogP contribution in [0.3, 0.4) is 0 Å². The van der Waals surface area contributed by atoms with Crippen molar-refractivity contribution in [3.63, 3.8) is 0 Å². The molecular formula is C23H13ClF3N3O3S. The minimum Gasteiger partial charge on any atom is -0.457 e. The van der Waals surface area contributed by atoms with Crippen LogP contribution in [-0.4, -0.2) is 24.1 Å². The van der Waals surface area contributed by atoms with Crippen LogP contribution < -0.4 is 4.74 Å². The predicted molar refractivity (Wildman–Crippen MR) is 119 cm³/mol. The molecule has 11 heteroatoms. The monoisotopic (exact) mass is 503 g/mol. The third-order valence-corrected chi connectivity index (χ3v) is 6.63. The first-order chi connectivity index (χ1) is 16.1. The minimum atomic E-state index is -4.60. The molecule has 0 radical (unpaired) electrons. The molecule has 3 aromatic carbocycles. The number of alkyl halides is 3. The Morgan fingerprint density at radius 2 is 1.74 bits per heavy atom. The molecule has 0 aliphatic rings. The summed E-state index contributed by atoms with van der Waals surface area (Å²) in [4.78, 5) is 7.88. The minimum absolute atomic E-state index is 0.0813. The van der Waals surface area contributed by atoms with E-state index in [0.717, 1.165) is 12.4 Å². The standard InChI is InChI=1S/C23H13ClF3N3O3S/c24-20-8-7-15(33-14-3-1-4-16(11-14)34(31,32)10-9-28)12-18(20)21-17-5-2-6-19(23(25,26)27)22(17)30-13-29-21/h1-8,11-13H,10H2. The van der Waals surface area contributed by atoms with Crippen LogP contribution in [0.4, 0.5) is 13.2 Å². The second-order valence-electron chi connectivity index (χ2n) is 7.06. The maximum absolute atomic E-state index is 13.4. The van der Waals surface area contributed by atoms with Crippen LogP contribution in [0.2, 0.25) is 5.02 Å². The quantitative estimate of drug-likeness (QED) is 0.329. The van der Waals surface area contributed by atoms with E-state index >= 15 is 0 Å². The van der Waals surface area contributed by atoms with E-state index in [4.69, 9.17) is 21.6 Å². The molecule has 1 aromatic heterocycles. The first-order valence-corrected chi connectivity index (χ1v) is 11.6. The number of benzene rings is 3. The Hall–Kier alpha value is -3.68. The molecule has 6 nitrogen and oxygen atoms in total. The fourth-order valence-electron chi connectivity index (χ4n) is 3.32. The molecule has 0 bridgehead atoms. The smallest absolute Gasteiger partial charge is 0.418 e. The summed E-state index contributed by atoms with van der Waals surface area (Å²) in [5.41, 5.74) is -0.679. The lowest BCUT2D eigenvalue weighted by atomic mass is 10.0. The van der Waals surface area contributed by atoms with Crippen molar-refractivity contribution in [3.05, 3.63) is 77.6 Å². The molecule has 4 rings (SSSR count). The highest BCUT2D eigenvalue weighted by molar-refractivity contribution is 7.91. The second kappa shape index (κ2) is 8.93. The summed E-state index contributed by atoms with van der Waals surface area (Å²) in [6.45, 7) is 0. The third-order valence-electron chi connectivity index (χ3n) is 4.82. The van der Waals surface area contributed by atoms with E-state index in [9.17, 15) is 21.6 Å². The van der Waals surface area contributed by atoms with Gasteiger partial charge in [-0.25, -0.2) is 18.4 Å². The molecule has 1 heterocycles. The number of rotatable bonds is 5. The summed E-state index contributed by atoms with van der Waals surface area (Å²) in [6.07, 6.45) is -3.57. The summed E-state index contributed by atoms with van der Waals surface area (Å²) < 4.78 is 70.4. The molecule has 4 aromatic rings. The fraction of sp³-hybridized carbons (Fsp3) is 0.0870. The van der Waals surface area contributed by atoms with Crippen LogP contribution in [0.15, 0.2) is 71.9 Å². The molecule has 0 amide bonds. The van der Waals surface area contributed by atoms with Crippen LogP contribution in [-0.2, 0) is 16.0 Å². The van der Waals surface area contributed by atoms with Crippen molar-refractivity contribution in [2.75, 3.05) is 5.75 Å². The highest BCUT2D eigenvalue weighted by Crippen LogP contribution is 2.39. The number of aromatic nitrogens is 2. The first kappa shape index (κ1) is 23.5. The van der Waals surface area contributed by atoms with Crippen molar-refractivity contribution in [2.45, 2.75) is 11.1 Å². The zero-order valence-electron chi connectivity index (χ0n) is 17.0. The van der Waals surface area contributed by atoms with Gasteiger partial charge in [0.05, 0.1) is 32.8 Å². The molecular weight excluding hydrogens is 491 g/mol. The average Bonchev–Trinajstić information content (AvgIpc) is 2.79. The van der Waals surface area contributed by atoms with E-state index < -0.39 is 27.3 Å². The van der Waals surface area contributed by atoms with Gasteiger partial charge in [-0.05, 0) is 42.5 Å². The average molecular weight is 504 g/mol. The maximum atomic E-state index is 13.4. The zero-order chi connectivity index (χ0) is 24.5.